The fourth-order valence-electron chi connectivity index (χ4n) is 2.04. The van der Waals surface area contributed by atoms with Gasteiger partial charge in [-0.25, -0.2) is 13.6 Å². The Hall–Kier alpha value is -1.73. The Labute approximate surface area is 114 Å². The molecule has 2 rings (SSSR count). The summed E-state index contributed by atoms with van der Waals surface area (Å²) in [7, 11) is 0. The first-order valence-corrected chi connectivity index (χ1v) is 6.18. The molecule has 1 aliphatic rings. The van der Waals surface area contributed by atoms with Crippen LogP contribution in [0.25, 0.3) is 0 Å². The molecule has 0 aliphatic carbocycles. The summed E-state index contributed by atoms with van der Waals surface area (Å²) in [5, 5.41) is 21.5. The van der Waals surface area contributed by atoms with Gasteiger partial charge in [-0.2, -0.15) is 0 Å². The number of hydrogen-bond acceptors (Lipinski definition) is 4. The van der Waals surface area contributed by atoms with Crippen LogP contribution in [0, 0.1) is 11.6 Å². The molecule has 7 heteroatoms. The van der Waals surface area contributed by atoms with E-state index in [4.69, 9.17) is 9.84 Å². The maximum absolute atomic E-state index is 13.7. The molecule has 1 heterocycles. The number of benzene rings is 1. The molecule has 1 fully saturated rings. The number of nitrogens with one attached hydrogen (secondary N) is 1. The molecule has 1 aliphatic heterocycles. The Kier molecular flexibility index (Phi) is 4.20. The van der Waals surface area contributed by atoms with E-state index >= 15 is 0 Å². The van der Waals surface area contributed by atoms with Gasteiger partial charge in [0, 0.05) is 32.6 Å². The zero-order valence-corrected chi connectivity index (χ0v) is 10.7. The first-order valence-electron chi connectivity index (χ1n) is 6.18. The minimum atomic E-state index is -1.53. The minimum absolute atomic E-state index is 0.0408. The van der Waals surface area contributed by atoms with E-state index in [0.717, 1.165) is 12.1 Å². The predicted molar refractivity (Wildman–Crippen MR) is 66.8 cm³/mol. The molecule has 1 aromatic rings. The van der Waals surface area contributed by atoms with E-state index in [1.807, 2.05) is 0 Å². The Balaban J connectivity index is 2.10. The number of carboxylic acid groups (broad SMARTS) is 1. The second-order valence-electron chi connectivity index (χ2n) is 4.78. The van der Waals surface area contributed by atoms with Crippen molar-refractivity contribution in [1.82, 2.24) is 0 Å². The van der Waals surface area contributed by atoms with E-state index in [9.17, 15) is 18.7 Å². The van der Waals surface area contributed by atoms with Crippen molar-refractivity contribution in [2.45, 2.75) is 18.4 Å². The monoisotopic (exact) mass is 287 g/mol. The summed E-state index contributed by atoms with van der Waals surface area (Å²) in [6.07, 6.45) is 0.800. The molecule has 5 nitrogen and oxygen atoms in total. The van der Waals surface area contributed by atoms with E-state index in [-0.39, 0.29) is 12.2 Å². The molecule has 0 spiro atoms. The number of aliphatic hydroxyl groups is 1. The van der Waals surface area contributed by atoms with E-state index in [1.54, 1.807) is 0 Å². The van der Waals surface area contributed by atoms with Gasteiger partial charge in [0.05, 0.1) is 16.9 Å². The number of aromatic carboxylic acids is 1. The topological polar surface area (TPSA) is 78.8 Å². The number of rotatable bonds is 4. The first-order chi connectivity index (χ1) is 9.43. The van der Waals surface area contributed by atoms with Crippen molar-refractivity contribution in [2.24, 2.45) is 0 Å². The van der Waals surface area contributed by atoms with Crippen LogP contribution in [0.2, 0.25) is 0 Å². The fourth-order valence-corrected chi connectivity index (χ4v) is 2.04. The third-order valence-corrected chi connectivity index (χ3v) is 3.34. The zero-order chi connectivity index (χ0) is 14.8. The molecular weight excluding hydrogens is 272 g/mol. The van der Waals surface area contributed by atoms with E-state index in [1.165, 1.54) is 0 Å². The highest BCUT2D eigenvalue weighted by atomic mass is 19.2. The number of carboxylic acids is 1. The summed E-state index contributed by atoms with van der Waals surface area (Å²) in [6.45, 7) is 0.860. The van der Waals surface area contributed by atoms with Gasteiger partial charge < -0.3 is 20.3 Å². The van der Waals surface area contributed by atoms with Gasteiger partial charge in [0.25, 0.3) is 0 Å². The summed E-state index contributed by atoms with van der Waals surface area (Å²) >= 11 is 0. The van der Waals surface area contributed by atoms with Crippen molar-refractivity contribution in [3.8, 4) is 0 Å². The van der Waals surface area contributed by atoms with E-state index < -0.39 is 28.8 Å². The van der Waals surface area contributed by atoms with Crippen molar-refractivity contribution in [3.63, 3.8) is 0 Å². The molecule has 20 heavy (non-hydrogen) atoms. The fraction of sp³-hybridized carbons (Fsp3) is 0.462. The van der Waals surface area contributed by atoms with Gasteiger partial charge >= 0.3 is 5.97 Å². The molecule has 0 atom stereocenters. The summed E-state index contributed by atoms with van der Waals surface area (Å²) < 4.78 is 32.3. The van der Waals surface area contributed by atoms with E-state index in [0.29, 0.717) is 26.1 Å². The normalized spacial score (nSPS) is 17.8. The summed E-state index contributed by atoms with van der Waals surface area (Å²) in [5.41, 5.74) is -1.93. The standard InChI is InChI=1S/C13H15F2NO4/c14-10-8(12(17)18)1-2-9(11(10)15)16-7-13(19)3-5-20-6-4-13/h1-2,16,19H,3-7H2,(H,17,18). The molecule has 0 radical (unpaired) electrons. The number of hydrogen-bond donors (Lipinski definition) is 3. The van der Waals surface area contributed by atoms with Gasteiger partial charge in [-0.3, -0.25) is 0 Å². The third-order valence-electron chi connectivity index (χ3n) is 3.34. The van der Waals surface area contributed by atoms with E-state index in [2.05, 4.69) is 5.32 Å². The smallest absolute Gasteiger partial charge is 0.338 e. The van der Waals surface area contributed by atoms with Crippen LogP contribution in [0.3, 0.4) is 0 Å². The van der Waals surface area contributed by atoms with Crippen molar-refractivity contribution >= 4 is 11.7 Å². The third kappa shape index (κ3) is 3.05. The average Bonchev–Trinajstić information content (AvgIpc) is 2.41. The van der Waals surface area contributed by atoms with Crippen LogP contribution < -0.4 is 5.32 Å². The van der Waals surface area contributed by atoms with Crippen molar-refractivity contribution in [2.75, 3.05) is 25.1 Å². The lowest BCUT2D eigenvalue weighted by Crippen LogP contribution is -2.42. The molecule has 1 aromatic carbocycles. The maximum Gasteiger partial charge on any atom is 0.338 e. The summed E-state index contributed by atoms with van der Waals surface area (Å²) in [4.78, 5) is 10.7. The molecule has 3 N–H and O–H groups in total. The zero-order valence-electron chi connectivity index (χ0n) is 10.7. The van der Waals surface area contributed by atoms with Gasteiger partial charge in [-0.05, 0) is 12.1 Å². The number of anilines is 1. The molecular formula is C13H15F2NO4. The quantitative estimate of drug-likeness (QED) is 0.784. The largest absolute Gasteiger partial charge is 0.478 e. The van der Waals surface area contributed by atoms with Crippen LogP contribution in [-0.2, 0) is 4.74 Å². The van der Waals surface area contributed by atoms with Crippen LogP contribution in [0.15, 0.2) is 12.1 Å². The highest BCUT2D eigenvalue weighted by Gasteiger charge is 2.30. The predicted octanol–water partition coefficient (Wildman–Crippen LogP) is 1.62. The Bertz CT molecular complexity index is 515. The Morgan fingerprint density at radius 3 is 2.55 bits per heavy atom. The van der Waals surface area contributed by atoms with Crippen molar-refractivity contribution in [1.29, 1.82) is 0 Å². The molecule has 0 amide bonds. The maximum atomic E-state index is 13.7. The second kappa shape index (κ2) is 5.72. The number of ether oxygens (including phenoxy) is 1. The lowest BCUT2D eigenvalue weighted by Gasteiger charge is -2.32. The average molecular weight is 287 g/mol. The Morgan fingerprint density at radius 2 is 1.95 bits per heavy atom. The van der Waals surface area contributed by atoms with Crippen LogP contribution in [0.5, 0.6) is 0 Å². The number of halogens is 2. The molecule has 0 bridgehead atoms. The van der Waals surface area contributed by atoms with Gasteiger partial charge in [0.1, 0.15) is 0 Å². The van der Waals surface area contributed by atoms with Crippen LogP contribution in [-0.4, -0.2) is 41.5 Å². The van der Waals surface area contributed by atoms with Crippen LogP contribution in [0.4, 0.5) is 14.5 Å². The first kappa shape index (κ1) is 14.7. The van der Waals surface area contributed by atoms with Crippen molar-refractivity contribution < 1.29 is 28.5 Å². The molecule has 0 aromatic heterocycles. The van der Waals surface area contributed by atoms with Gasteiger partial charge in [-0.1, -0.05) is 0 Å². The van der Waals surface area contributed by atoms with Crippen LogP contribution in [0.1, 0.15) is 23.2 Å². The van der Waals surface area contributed by atoms with Crippen LogP contribution >= 0.6 is 0 Å². The lowest BCUT2D eigenvalue weighted by molar-refractivity contribution is -0.0543. The number of carbonyl (C=O) groups is 1. The molecule has 1 saturated heterocycles. The van der Waals surface area contributed by atoms with Gasteiger partial charge in [0.15, 0.2) is 11.6 Å². The molecule has 0 unspecified atom stereocenters. The molecule has 110 valence electrons. The van der Waals surface area contributed by atoms with Gasteiger partial charge in [0.2, 0.25) is 0 Å². The lowest BCUT2D eigenvalue weighted by atomic mass is 9.94. The summed E-state index contributed by atoms with van der Waals surface area (Å²) in [6, 6.07) is 2.13. The highest BCUT2D eigenvalue weighted by molar-refractivity contribution is 5.88. The minimum Gasteiger partial charge on any atom is -0.478 e. The van der Waals surface area contributed by atoms with Crippen molar-refractivity contribution in [3.05, 3.63) is 29.3 Å². The van der Waals surface area contributed by atoms with Gasteiger partial charge in [-0.15, -0.1) is 0 Å². The Morgan fingerprint density at radius 1 is 1.30 bits per heavy atom. The highest BCUT2D eigenvalue weighted by Crippen LogP contribution is 2.24. The molecule has 0 saturated carbocycles. The second-order valence-corrected chi connectivity index (χ2v) is 4.78. The summed E-state index contributed by atoms with van der Waals surface area (Å²) in [5.74, 6) is -4.21. The SMILES string of the molecule is O=C(O)c1ccc(NCC2(O)CCOCC2)c(F)c1F.